The molecule has 2 N–H and O–H groups in total. The van der Waals surface area contributed by atoms with Gasteiger partial charge in [-0.3, -0.25) is 14.4 Å². The molecule has 14 heteroatoms. The number of rotatable bonds is 1. The number of hydrogen-bond donors (Lipinski definition) is 2. The summed E-state index contributed by atoms with van der Waals surface area (Å²) in [5, 5.41) is 16.9. The maximum atomic E-state index is 11.3. The highest BCUT2D eigenvalue weighted by Gasteiger charge is 2.14. The highest BCUT2D eigenvalue weighted by atomic mass is 32.2. The predicted octanol–water partition coefficient (Wildman–Crippen LogP) is 0.284. The molecule has 0 bridgehead atoms. The van der Waals surface area contributed by atoms with Crippen molar-refractivity contribution < 1.29 is 29.2 Å². The molecule has 0 fully saturated rings. The second kappa shape index (κ2) is 19.2. The number of nitrogens with one attached hydrogen (secondary N) is 1. The van der Waals surface area contributed by atoms with E-state index < -0.39 is 6.09 Å². The first-order valence-corrected chi connectivity index (χ1v) is 9.68. The van der Waals surface area contributed by atoms with E-state index in [0.717, 1.165) is 23.5 Å². The van der Waals surface area contributed by atoms with Crippen molar-refractivity contribution >= 4 is 57.6 Å². The van der Waals surface area contributed by atoms with E-state index >= 15 is 0 Å². The van der Waals surface area contributed by atoms with Gasteiger partial charge in [-0.1, -0.05) is 10.3 Å². The maximum absolute atomic E-state index is 11.3. The molecule has 0 aliphatic rings. The van der Waals surface area contributed by atoms with Crippen molar-refractivity contribution in [3.63, 3.8) is 0 Å². The van der Waals surface area contributed by atoms with E-state index in [9.17, 15) is 14.4 Å². The van der Waals surface area contributed by atoms with Gasteiger partial charge in [0.1, 0.15) is 0 Å². The fourth-order valence-electron chi connectivity index (χ4n) is 0.846. The van der Waals surface area contributed by atoms with Crippen molar-refractivity contribution in [1.29, 1.82) is 0 Å². The summed E-state index contributed by atoms with van der Waals surface area (Å²) in [5.41, 5.74) is 0. The van der Waals surface area contributed by atoms with E-state index in [-0.39, 0.29) is 21.9 Å². The lowest BCUT2D eigenvalue weighted by atomic mass is 10.6. The van der Waals surface area contributed by atoms with Gasteiger partial charge in [0.15, 0.2) is 5.04 Å². The Hall–Kier alpha value is -2.57. The molecule has 0 saturated heterocycles. The third kappa shape index (κ3) is 15.7. The van der Waals surface area contributed by atoms with Crippen molar-refractivity contribution in [3.8, 4) is 0 Å². The van der Waals surface area contributed by atoms with Crippen LogP contribution in [0.5, 0.6) is 0 Å². The summed E-state index contributed by atoms with van der Waals surface area (Å²) in [6.45, 7) is 0. The number of nitrogens with zero attached hydrogens (tertiary/aromatic N) is 5. The highest BCUT2D eigenvalue weighted by molar-refractivity contribution is 8.15. The lowest BCUT2D eigenvalue weighted by Crippen LogP contribution is -2.28. The first-order chi connectivity index (χ1) is 13.1. The van der Waals surface area contributed by atoms with Crippen LogP contribution < -0.4 is 5.32 Å². The van der Waals surface area contributed by atoms with Gasteiger partial charge in [-0.15, -0.1) is 23.5 Å². The fraction of sp³-hybridized carbons (Fsp3) is 0.571. The number of carbonyl (C=O) groups excluding carboxylic acids is 4. The van der Waals surface area contributed by atoms with Gasteiger partial charge in [0.2, 0.25) is 11.1 Å². The van der Waals surface area contributed by atoms with Crippen LogP contribution in [-0.4, -0.2) is 104 Å². The molecule has 12 nitrogen and oxygen atoms in total. The van der Waals surface area contributed by atoms with Crippen LogP contribution in [0, 0.1) is 0 Å². The number of aliphatic imine (C=N–C) groups is 1. The number of hydrogen-bond acceptors (Lipinski definition) is 11. The average molecular weight is 439 g/mol. The molecule has 0 aromatic rings. The summed E-state index contributed by atoms with van der Waals surface area (Å²) in [4.78, 5) is 51.8. The average Bonchev–Trinajstić information content (AvgIpc) is 2.69. The lowest BCUT2D eigenvalue weighted by molar-refractivity contribution is -0.122. The molecule has 3 amide bonds. The van der Waals surface area contributed by atoms with Crippen LogP contribution in [0.4, 0.5) is 4.79 Å². The minimum absolute atomic E-state index is 0.102. The van der Waals surface area contributed by atoms with Gasteiger partial charge in [0.05, 0.1) is 0 Å². The first kappa shape index (κ1) is 30.2. The minimum Gasteiger partial charge on any atom is -0.410 e. The highest BCUT2D eigenvalue weighted by Crippen LogP contribution is 2.02. The number of oxime groups is 2. The number of isocyanates is 1. The molecule has 0 atom stereocenters. The monoisotopic (exact) mass is 438 g/mol. The molecule has 0 radical (unpaired) electrons. The standard InChI is InChI=1S/C7H13N3O3S.C5H10N2O2S.C2H3NO/c1-8-7(12)13-9-5(14-4)6(11)10(2)3;1-7(2)5(8)4(6-9)10-3;1-3-2-4/h1-4H3,(H,8,12);9H,1-3H3;1H3/b9-5-;6-4-;. The van der Waals surface area contributed by atoms with E-state index in [2.05, 4.69) is 25.5 Å². The van der Waals surface area contributed by atoms with Gasteiger partial charge in [0, 0.05) is 42.3 Å². The summed E-state index contributed by atoms with van der Waals surface area (Å²) >= 11 is 2.23. The van der Waals surface area contributed by atoms with Crippen LogP contribution in [0.2, 0.25) is 0 Å². The normalized spacial score (nSPS) is 10.0. The van der Waals surface area contributed by atoms with Gasteiger partial charge in [0.25, 0.3) is 11.8 Å². The molecule has 0 unspecified atom stereocenters. The summed E-state index contributed by atoms with van der Waals surface area (Å²) in [5.74, 6) is -0.587. The zero-order valence-corrected chi connectivity index (χ0v) is 18.7. The second-order valence-electron chi connectivity index (χ2n) is 4.55. The number of thioether (sulfide) groups is 2. The molecule has 28 heavy (non-hydrogen) atoms. The van der Waals surface area contributed by atoms with Crippen molar-refractivity contribution in [2.75, 3.05) is 54.8 Å². The van der Waals surface area contributed by atoms with Crippen LogP contribution >= 0.6 is 23.5 Å². The molecule has 0 aromatic heterocycles. The van der Waals surface area contributed by atoms with Crippen molar-refractivity contribution in [2.45, 2.75) is 0 Å². The van der Waals surface area contributed by atoms with Gasteiger partial charge in [-0.25, -0.2) is 14.6 Å². The predicted molar refractivity (Wildman–Crippen MR) is 111 cm³/mol. The topological polar surface area (TPSA) is 153 Å². The summed E-state index contributed by atoms with van der Waals surface area (Å²) in [7, 11) is 9.17. The quantitative estimate of drug-likeness (QED) is 0.148. The van der Waals surface area contributed by atoms with Gasteiger partial charge < -0.3 is 20.3 Å². The molecule has 0 aliphatic carbocycles. The van der Waals surface area contributed by atoms with Crippen LogP contribution in [0.25, 0.3) is 0 Å². The number of amides is 3. The molecule has 0 aliphatic heterocycles. The van der Waals surface area contributed by atoms with Crippen molar-refractivity contribution in [3.05, 3.63) is 0 Å². The largest absolute Gasteiger partial charge is 0.433 e. The molecule has 0 rings (SSSR count). The van der Waals surface area contributed by atoms with E-state index in [1.54, 1.807) is 40.7 Å². The second-order valence-corrected chi connectivity index (χ2v) is 6.14. The van der Waals surface area contributed by atoms with Gasteiger partial charge >= 0.3 is 6.09 Å². The molecule has 0 aromatic carbocycles. The van der Waals surface area contributed by atoms with E-state index in [4.69, 9.17) is 10.0 Å². The molecule has 0 heterocycles. The van der Waals surface area contributed by atoms with E-state index in [0.29, 0.717) is 0 Å². The molecule has 0 saturated carbocycles. The zero-order valence-electron chi connectivity index (χ0n) is 17.0. The smallest absolute Gasteiger partial charge is 0.410 e. The maximum Gasteiger partial charge on any atom is 0.433 e. The Morgan fingerprint density at radius 1 is 1.00 bits per heavy atom. The van der Waals surface area contributed by atoms with Crippen molar-refractivity contribution in [1.82, 2.24) is 15.1 Å². The Morgan fingerprint density at radius 3 is 1.61 bits per heavy atom. The summed E-state index contributed by atoms with van der Waals surface area (Å²) in [6, 6.07) is 0. The van der Waals surface area contributed by atoms with Crippen molar-refractivity contribution in [2.24, 2.45) is 15.3 Å². The Bertz CT molecular complexity index is 603. The van der Waals surface area contributed by atoms with Crippen LogP contribution in [-0.2, 0) is 19.2 Å². The third-order valence-corrected chi connectivity index (χ3v) is 3.44. The van der Waals surface area contributed by atoms with Crippen LogP contribution in [0.1, 0.15) is 0 Å². The fourth-order valence-corrected chi connectivity index (χ4v) is 1.75. The Morgan fingerprint density at radius 2 is 1.39 bits per heavy atom. The molecular weight excluding hydrogens is 412 g/mol. The summed E-state index contributed by atoms with van der Waals surface area (Å²) < 4.78 is 0. The minimum atomic E-state index is -0.705. The first-order valence-electron chi connectivity index (χ1n) is 7.23. The van der Waals surface area contributed by atoms with Crippen LogP contribution in [0.15, 0.2) is 15.3 Å². The third-order valence-electron chi connectivity index (χ3n) is 2.16. The van der Waals surface area contributed by atoms with E-state index in [1.165, 1.54) is 30.0 Å². The lowest BCUT2D eigenvalue weighted by Gasteiger charge is -2.09. The Balaban J connectivity index is -0.000000388. The SMILES string of the molecule is CN=C=O.CNC(=O)O/N=C(\SC)C(=O)N(C)C.CS/C(=N\O)C(=O)N(C)C. The Kier molecular flexibility index (Phi) is 20.7. The summed E-state index contributed by atoms with van der Waals surface area (Å²) in [6.07, 6.45) is 3.95. The van der Waals surface area contributed by atoms with E-state index in [1.807, 2.05) is 0 Å². The van der Waals surface area contributed by atoms with Crippen LogP contribution in [0.3, 0.4) is 0 Å². The van der Waals surface area contributed by atoms with Gasteiger partial charge in [-0.2, -0.15) is 0 Å². The molecule has 0 spiro atoms. The Labute approximate surface area is 172 Å². The molecular formula is C14H26N6O6S2. The zero-order chi connectivity index (χ0) is 22.7. The molecule has 160 valence electrons. The van der Waals surface area contributed by atoms with Gasteiger partial charge in [-0.05, 0) is 12.5 Å². The number of carbonyl (C=O) groups is 3.